The Hall–Kier alpha value is -2.62. The van der Waals surface area contributed by atoms with Crippen LogP contribution >= 0.6 is 11.3 Å². The van der Waals surface area contributed by atoms with Crippen LogP contribution in [0.4, 0.5) is 13.2 Å². The van der Waals surface area contributed by atoms with Crippen LogP contribution in [0.5, 0.6) is 5.75 Å². The van der Waals surface area contributed by atoms with Crippen molar-refractivity contribution >= 4 is 23.2 Å². The van der Waals surface area contributed by atoms with Crippen LogP contribution < -0.4 is 10.1 Å². The molecule has 0 unspecified atom stereocenters. The van der Waals surface area contributed by atoms with Crippen molar-refractivity contribution in [2.45, 2.75) is 12.6 Å². The lowest BCUT2D eigenvalue weighted by Gasteiger charge is -2.09. The molecule has 1 aromatic carbocycles. The fourth-order valence-corrected chi connectivity index (χ4v) is 2.55. The van der Waals surface area contributed by atoms with Gasteiger partial charge in [-0.15, -0.1) is 11.3 Å². The maximum Gasteiger partial charge on any atom is 0.416 e. The number of nitrogens with one attached hydrogen (secondary N) is 1. The molecule has 0 saturated heterocycles. The van der Waals surface area contributed by atoms with E-state index in [1.54, 1.807) is 0 Å². The number of rotatable bonds is 7. The number of nitrogens with zero attached hydrogens (tertiary/aromatic N) is 1. The molecule has 2 aromatic rings. The fraction of sp³-hybridized carbons (Fsp3) is 0.267. The van der Waals surface area contributed by atoms with Crippen molar-refractivity contribution in [3.8, 4) is 5.75 Å². The molecule has 0 atom stereocenters. The SMILES string of the molecule is O=C(COc1ccc(C(F)(F)F)cc1)NCCc1nc(C(=O)O)cs1. The van der Waals surface area contributed by atoms with Gasteiger partial charge >= 0.3 is 12.1 Å². The van der Waals surface area contributed by atoms with Crippen molar-refractivity contribution in [3.63, 3.8) is 0 Å². The Labute approximate surface area is 144 Å². The standard InChI is InChI=1S/C15H13F3N2O4S/c16-15(17,18)9-1-3-10(4-2-9)24-7-12(21)19-6-5-13-20-11(8-25-13)14(22)23/h1-4,8H,5-7H2,(H,19,21)(H,22,23). The lowest BCUT2D eigenvalue weighted by molar-refractivity contribution is -0.137. The van der Waals surface area contributed by atoms with Crippen LogP contribution in [0.2, 0.25) is 0 Å². The zero-order valence-electron chi connectivity index (χ0n) is 12.7. The van der Waals surface area contributed by atoms with Crippen LogP contribution in [0.1, 0.15) is 21.1 Å². The smallest absolute Gasteiger partial charge is 0.416 e. The quantitative estimate of drug-likeness (QED) is 0.778. The van der Waals surface area contributed by atoms with Gasteiger partial charge in [-0.05, 0) is 24.3 Å². The number of alkyl halides is 3. The van der Waals surface area contributed by atoms with E-state index in [4.69, 9.17) is 9.84 Å². The first-order valence-electron chi connectivity index (χ1n) is 7.00. The number of ether oxygens (including phenoxy) is 1. The summed E-state index contributed by atoms with van der Waals surface area (Å²) in [5, 5.41) is 13.3. The van der Waals surface area contributed by atoms with Crippen molar-refractivity contribution in [1.29, 1.82) is 0 Å². The zero-order valence-corrected chi connectivity index (χ0v) is 13.5. The van der Waals surface area contributed by atoms with Crippen LogP contribution in [0.15, 0.2) is 29.6 Å². The second-order valence-electron chi connectivity index (χ2n) is 4.84. The number of carboxylic acids is 1. The summed E-state index contributed by atoms with van der Waals surface area (Å²) < 4.78 is 42.4. The van der Waals surface area contributed by atoms with Crippen molar-refractivity contribution in [1.82, 2.24) is 10.3 Å². The number of aromatic carboxylic acids is 1. The average Bonchev–Trinajstić information content (AvgIpc) is 3.02. The van der Waals surface area contributed by atoms with Gasteiger partial charge in [0, 0.05) is 18.3 Å². The van der Waals surface area contributed by atoms with Crippen LogP contribution in [-0.2, 0) is 17.4 Å². The molecule has 0 bridgehead atoms. The summed E-state index contributed by atoms with van der Waals surface area (Å²) in [5.41, 5.74) is -0.842. The minimum atomic E-state index is -4.42. The third-order valence-electron chi connectivity index (χ3n) is 2.98. The van der Waals surface area contributed by atoms with E-state index in [1.807, 2.05) is 0 Å². The summed E-state index contributed by atoms with van der Waals surface area (Å²) >= 11 is 1.18. The summed E-state index contributed by atoms with van der Waals surface area (Å²) in [5.74, 6) is -1.42. The molecule has 1 heterocycles. The Morgan fingerprint density at radius 1 is 1.24 bits per heavy atom. The Morgan fingerprint density at radius 3 is 2.48 bits per heavy atom. The van der Waals surface area contributed by atoms with Gasteiger partial charge in [-0.3, -0.25) is 4.79 Å². The number of halogens is 3. The fourth-order valence-electron chi connectivity index (χ4n) is 1.77. The molecule has 6 nitrogen and oxygen atoms in total. The molecule has 0 aliphatic carbocycles. The van der Waals surface area contributed by atoms with E-state index >= 15 is 0 Å². The van der Waals surface area contributed by atoms with Gasteiger partial charge in [-0.1, -0.05) is 0 Å². The van der Waals surface area contributed by atoms with Gasteiger partial charge in [-0.2, -0.15) is 13.2 Å². The van der Waals surface area contributed by atoms with E-state index in [9.17, 15) is 22.8 Å². The lowest BCUT2D eigenvalue weighted by Crippen LogP contribution is -2.30. The first kappa shape index (κ1) is 18.7. The average molecular weight is 374 g/mol. The molecule has 0 spiro atoms. The Balaban J connectivity index is 1.72. The molecular formula is C15H13F3N2O4S. The number of amides is 1. The first-order chi connectivity index (χ1) is 11.8. The molecule has 0 radical (unpaired) electrons. The highest BCUT2D eigenvalue weighted by Gasteiger charge is 2.30. The highest BCUT2D eigenvalue weighted by Crippen LogP contribution is 2.30. The third-order valence-corrected chi connectivity index (χ3v) is 3.89. The zero-order chi connectivity index (χ0) is 18.4. The number of hydrogen-bond acceptors (Lipinski definition) is 5. The number of carbonyl (C=O) groups is 2. The van der Waals surface area contributed by atoms with Crippen molar-refractivity contribution in [3.05, 3.63) is 45.9 Å². The molecule has 0 saturated carbocycles. The van der Waals surface area contributed by atoms with E-state index in [0.29, 0.717) is 11.4 Å². The number of aromatic nitrogens is 1. The summed E-state index contributed by atoms with van der Waals surface area (Å²) in [6.07, 6.45) is -4.06. The number of hydrogen-bond donors (Lipinski definition) is 2. The molecule has 0 aliphatic rings. The molecule has 1 amide bonds. The number of thiazole rings is 1. The van der Waals surface area contributed by atoms with Gasteiger partial charge in [0.05, 0.1) is 10.6 Å². The molecule has 2 rings (SSSR count). The molecule has 134 valence electrons. The van der Waals surface area contributed by atoms with E-state index in [-0.39, 0.29) is 24.6 Å². The number of carboxylic acid groups (broad SMARTS) is 1. The summed E-state index contributed by atoms with van der Waals surface area (Å²) in [6.45, 7) is -0.106. The minimum absolute atomic E-state index is 0.0445. The molecule has 0 fully saturated rings. The van der Waals surface area contributed by atoms with Gasteiger partial charge in [-0.25, -0.2) is 9.78 Å². The molecule has 0 aliphatic heterocycles. The predicted molar refractivity (Wildman–Crippen MR) is 82.7 cm³/mol. The Kier molecular flexibility index (Phi) is 5.97. The molecule has 2 N–H and O–H groups in total. The summed E-state index contributed by atoms with van der Waals surface area (Å²) in [7, 11) is 0. The van der Waals surface area contributed by atoms with Gasteiger partial charge in [0.2, 0.25) is 0 Å². The maximum atomic E-state index is 12.4. The number of benzene rings is 1. The van der Waals surface area contributed by atoms with E-state index in [1.165, 1.54) is 16.7 Å². The van der Waals surface area contributed by atoms with Gasteiger partial charge < -0.3 is 15.2 Å². The van der Waals surface area contributed by atoms with Crippen molar-refractivity contribution in [2.24, 2.45) is 0 Å². The molecule has 10 heteroatoms. The highest BCUT2D eigenvalue weighted by molar-refractivity contribution is 7.09. The third kappa shape index (κ3) is 5.75. The van der Waals surface area contributed by atoms with Crippen LogP contribution in [-0.4, -0.2) is 35.1 Å². The largest absolute Gasteiger partial charge is 0.484 e. The second-order valence-corrected chi connectivity index (χ2v) is 5.79. The van der Waals surface area contributed by atoms with Gasteiger partial charge in [0.15, 0.2) is 12.3 Å². The van der Waals surface area contributed by atoms with Crippen LogP contribution in [0.25, 0.3) is 0 Å². The van der Waals surface area contributed by atoms with E-state index in [0.717, 1.165) is 24.3 Å². The van der Waals surface area contributed by atoms with Gasteiger partial charge in [0.1, 0.15) is 5.75 Å². The van der Waals surface area contributed by atoms with Gasteiger partial charge in [0.25, 0.3) is 5.91 Å². The maximum absolute atomic E-state index is 12.4. The van der Waals surface area contributed by atoms with E-state index < -0.39 is 23.6 Å². The Bertz CT molecular complexity index is 744. The Morgan fingerprint density at radius 2 is 1.92 bits per heavy atom. The van der Waals surface area contributed by atoms with Crippen molar-refractivity contribution in [2.75, 3.05) is 13.2 Å². The van der Waals surface area contributed by atoms with Crippen molar-refractivity contribution < 1.29 is 32.6 Å². The summed E-state index contributed by atoms with van der Waals surface area (Å²) in [4.78, 5) is 26.2. The normalized spacial score (nSPS) is 11.2. The predicted octanol–water partition coefficient (Wildman–Crippen LogP) is 2.60. The highest BCUT2D eigenvalue weighted by atomic mass is 32.1. The monoisotopic (exact) mass is 374 g/mol. The lowest BCUT2D eigenvalue weighted by atomic mass is 10.2. The summed E-state index contributed by atoms with van der Waals surface area (Å²) in [6, 6.07) is 4.02. The molecule has 1 aromatic heterocycles. The van der Waals surface area contributed by atoms with Crippen LogP contribution in [0, 0.1) is 0 Å². The molecular weight excluding hydrogens is 361 g/mol. The minimum Gasteiger partial charge on any atom is -0.484 e. The topological polar surface area (TPSA) is 88.5 Å². The van der Waals surface area contributed by atoms with Crippen LogP contribution in [0.3, 0.4) is 0 Å². The first-order valence-corrected chi connectivity index (χ1v) is 7.88. The second kappa shape index (κ2) is 7.97. The van der Waals surface area contributed by atoms with E-state index in [2.05, 4.69) is 10.3 Å². The molecule has 25 heavy (non-hydrogen) atoms. The number of carbonyl (C=O) groups excluding carboxylic acids is 1.